The van der Waals surface area contributed by atoms with Crippen molar-refractivity contribution in [2.75, 3.05) is 11.4 Å². The van der Waals surface area contributed by atoms with Crippen molar-refractivity contribution in [1.29, 1.82) is 0 Å². The largest absolute Gasteiger partial charge is 0.324 e. The molecule has 7 heteroatoms. The van der Waals surface area contributed by atoms with Gasteiger partial charge in [-0.15, -0.1) is 10.2 Å². The molecule has 0 N–H and O–H groups in total. The summed E-state index contributed by atoms with van der Waals surface area (Å²) in [5.41, 5.74) is 3.91. The average Bonchev–Trinajstić information content (AvgIpc) is 3.01. The first kappa shape index (κ1) is 16.0. The van der Waals surface area contributed by atoms with E-state index in [1.165, 1.54) is 0 Å². The van der Waals surface area contributed by atoms with E-state index in [1.54, 1.807) is 6.20 Å². The molecular formula is C18H17BrN6. The van der Waals surface area contributed by atoms with Gasteiger partial charge in [-0.2, -0.15) is 4.98 Å². The number of aryl methyl sites for hydroxylation is 1. The second kappa shape index (κ2) is 6.07. The maximum absolute atomic E-state index is 4.77. The molecule has 0 atom stereocenters. The van der Waals surface area contributed by atoms with Gasteiger partial charge in [-0.25, -0.2) is 0 Å². The summed E-state index contributed by atoms with van der Waals surface area (Å²) in [5.74, 6) is 2.14. The molecule has 3 aromatic heterocycles. The van der Waals surface area contributed by atoms with Gasteiger partial charge in [-0.05, 0) is 43.5 Å². The van der Waals surface area contributed by atoms with Crippen molar-refractivity contribution in [3.05, 3.63) is 59.1 Å². The zero-order chi connectivity index (χ0) is 17.6. The first-order valence-corrected chi connectivity index (χ1v) is 8.85. The summed E-state index contributed by atoms with van der Waals surface area (Å²) in [7, 11) is 0. The smallest absolute Gasteiger partial charge is 0.257 e. The molecule has 0 spiro atoms. The Morgan fingerprint density at radius 2 is 2.20 bits per heavy atom. The normalized spacial score (nSPS) is 15.2. The van der Waals surface area contributed by atoms with Crippen LogP contribution in [-0.2, 0) is 0 Å². The highest BCUT2D eigenvalue weighted by molar-refractivity contribution is 9.11. The number of fused-ring (bicyclic) bond motifs is 3. The number of hydrogen-bond acceptors (Lipinski definition) is 5. The summed E-state index contributed by atoms with van der Waals surface area (Å²) in [5, 5.41) is 8.37. The Morgan fingerprint density at radius 1 is 1.36 bits per heavy atom. The molecule has 0 aromatic carbocycles. The number of halogens is 1. The number of hydrogen-bond donors (Lipinski definition) is 0. The molecule has 3 aromatic rings. The number of aromatic nitrogens is 5. The molecule has 4 heterocycles. The summed E-state index contributed by atoms with van der Waals surface area (Å²) in [6, 6.07) is 3.93. The summed E-state index contributed by atoms with van der Waals surface area (Å²) in [6.07, 6.45) is 5.60. The van der Waals surface area contributed by atoms with E-state index in [2.05, 4.69) is 49.2 Å². The van der Waals surface area contributed by atoms with E-state index in [-0.39, 0.29) is 0 Å². The fraction of sp³-hybridized carbons (Fsp3) is 0.222. The molecule has 126 valence electrons. The Bertz CT molecular complexity index is 1050. The number of rotatable bonds is 3. The first-order chi connectivity index (χ1) is 12.1. The van der Waals surface area contributed by atoms with Crippen molar-refractivity contribution in [2.24, 2.45) is 0 Å². The van der Waals surface area contributed by atoms with Crippen molar-refractivity contribution in [3.8, 4) is 0 Å². The molecule has 0 amide bonds. The predicted molar refractivity (Wildman–Crippen MR) is 103 cm³/mol. The van der Waals surface area contributed by atoms with Gasteiger partial charge in [0.05, 0.1) is 5.52 Å². The lowest BCUT2D eigenvalue weighted by molar-refractivity contribution is 0.737. The quantitative estimate of drug-likeness (QED) is 0.670. The van der Waals surface area contributed by atoms with Crippen molar-refractivity contribution in [2.45, 2.75) is 19.8 Å². The van der Waals surface area contributed by atoms with Gasteiger partial charge in [0.1, 0.15) is 11.3 Å². The van der Waals surface area contributed by atoms with Crippen LogP contribution in [0.4, 0.5) is 5.82 Å². The van der Waals surface area contributed by atoms with Gasteiger partial charge < -0.3 is 4.90 Å². The van der Waals surface area contributed by atoms with Gasteiger partial charge in [0.2, 0.25) is 0 Å². The highest BCUT2D eigenvalue weighted by Gasteiger charge is 2.25. The van der Waals surface area contributed by atoms with Crippen LogP contribution in [0.25, 0.3) is 16.8 Å². The van der Waals surface area contributed by atoms with Gasteiger partial charge in [0.15, 0.2) is 5.82 Å². The lowest BCUT2D eigenvalue weighted by atomic mass is 10.0. The monoisotopic (exact) mass is 396 g/mol. The Balaban J connectivity index is 2.04. The van der Waals surface area contributed by atoms with Crippen LogP contribution < -0.4 is 4.90 Å². The van der Waals surface area contributed by atoms with Crippen LogP contribution in [0.3, 0.4) is 0 Å². The SMILES string of the molecule is C=CC1=C(C(=C)Br)CCCN1c1nc2nnc(C)n2c2cccnc12. The molecule has 0 saturated heterocycles. The average molecular weight is 397 g/mol. The van der Waals surface area contributed by atoms with E-state index in [9.17, 15) is 0 Å². The molecule has 0 fully saturated rings. The summed E-state index contributed by atoms with van der Waals surface area (Å²) in [4.78, 5) is 11.5. The lowest BCUT2D eigenvalue weighted by Gasteiger charge is -2.32. The van der Waals surface area contributed by atoms with Crippen molar-refractivity contribution in [1.82, 2.24) is 24.6 Å². The van der Waals surface area contributed by atoms with Crippen LogP contribution in [0.15, 0.2) is 53.3 Å². The van der Waals surface area contributed by atoms with Gasteiger partial charge in [-0.3, -0.25) is 9.38 Å². The number of pyridine rings is 1. The molecule has 0 bridgehead atoms. The van der Waals surface area contributed by atoms with Gasteiger partial charge in [0, 0.05) is 22.9 Å². The topological polar surface area (TPSA) is 59.2 Å². The Kier molecular flexibility index (Phi) is 3.88. The second-order valence-corrected chi connectivity index (χ2v) is 6.87. The van der Waals surface area contributed by atoms with Gasteiger partial charge in [0.25, 0.3) is 5.78 Å². The molecule has 0 radical (unpaired) electrons. The fourth-order valence-corrected chi connectivity index (χ4v) is 3.75. The minimum atomic E-state index is 0.571. The van der Waals surface area contributed by atoms with Gasteiger partial charge in [-0.1, -0.05) is 29.1 Å². The van der Waals surface area contributed by atoms with Crippen LogP contribution in [0.1, 0.15) is 18.7 Å². The van der Waals surface area contributed by atoms with E-state index >= 15 is 0 Å². The number of allylic oxidation sites excluding steroid dienone is 3. The van der Waals surface area contributed by atoms with Crippen LogP contribution in [0.2, 0.25) is 0 Å². The first-order valence-electron chi connectivity index (χ1n) is 8.06. The number of anilines is 1. The third-order valence-electron chi connectivity index (χ3n) is 4.44. The zero-order valence-electron chi connectivity index (χ0n) is 13.9. The van der Waals surface area contributed by atoms with E-state index in [0.717, 1.165) is 57.8 Å². The van der Waals surface area contributed by atoms with Crippen LogP contribution >= 0.6 is 15.9 Å². The minimum Gasteiger partial charge on any atom is -0.324 e. The minimum absolute atomic E-state index is 0.571. The van der Waals surface area contributed by atoms with Crippen molar-refractivity contribution >= 4 is 38.6 Å². The molecule has 0 saturated carbocycles. The molecular weight excluding hydrogens is 380 g/mol. The summed E-state index contributed by atoms with van der Waals surface area (Å²) >= 11 is 3.52. The molecule has 25 heavy (non-hydrogen) atoms. The maximum Gasteiger partial charge on any atom is 0.257 e. The van der Waals surface area contributed by atoms with Crippen LogP contribution in [-0.4, -0.2) is 31.1 Å². The maximum atomic E-state index is 4.77. The van der Waals surface area contributed by atoms with E-state index in [1.807, 2.05) is 29.5 Å². The van der Waals surface area contributed by atoms with Crippen molar-refractivity contribution in [3.63, 3.8) is 0 Å². The standard InChI is InChI=1S/C18H17BrN6/c1-4-14-13(11(2)19)7-6-10-24(14)17-16-15(8-5-9-20-16)25-12(3)22-23-18(25)21-17/h4-5,8-9H,1-2,6-7,10H2,3H3. The molecule has 0 unspecified atom stereocenters. The molecule has 4 rings (SSSR count). The summed E-state index contributed by atoms with van der Waals surface area (Å²) < 4.78 is 2.81. The fourth-order valence-electron chi connectivity index (χ4n) is 3.34. The van der Waals surface area contributed by atoms with Gasteiger partial charge >= 0.3 is 0 Å². The van der Waals surface area contributed by atoms with E-state index < -0.39 is 0 Å². The zero-order valence-corrected chi connectivity index (χ0v) is 15.5. The van der Waals surface area contributed by atoms with Crippen molar-refractivity contribution < 1.29 is 0 Å². The van der Waals surface area contributed by atoms with Crippen LogP contribution in [0.5, 0.6) is 0 Å². The predicted octanol–water partition coefficient (Wildman–Crippen LogP) is 3.93. The molecule has 0 aliphatic carbocycles. The Hall–Kier alpha value is -2.54. The molecule has 6 nitrogen and oxygen atoms in total. The highest BCUT2D eigenvalue weighted by atomic mass is 79.9. The summed E-state index contributed by atoms with van der Waals surface area (Å²) in [6.45, 7) is 10.8. The third kappa shape index (κ3) is 2.46. The van der Waals surface area contributed by atoms with E-state index in [0.29, 0.717) is 5.78 Å². The Morgan fingerprint density at radius 3 is 2.96 bits per heavy atom. The molecule has 1 aliphatic heterocycles. The number of nitrogens with zero attached hydrogens (tertiary/aromatic N) is 6. The lowest BCUT2D eigenvalue weighted by Crippen LogP contribution is -2.29. The van der Waals surface area contributed by atoms with E-state index in [4.69, 9.17) is 4.98 Å². The second-order valence-electron chi connectivity index (χ2n) is 5.92. The van der Waals surface area contributed by atoms with Crippen LogP contribution in [0, 0.1) is 6.92 Å². The molecule has 1 aliphatic rings. The third-order valence-corrected chi connectivity index (χ3v) is 4.92. The Labute approximate surface area is 153 Å². The highest BCUT2D eigenvalue weighted by Crippen LogP contribution is 2.35.